The SMILES string of the molecule is O=C(O)COc1ccccc1C=NN1CCN(Cc2ccc(Cl)cc2)CC1. The summed E-state index contributed by atoms with van der Waals surface area (Å²) in [6.45, 7) is 4.06. The van der Waals surface area contributed by atoms with Crippen molar-refractivity contribution in [1.29, 1.82) is 0 Å². The number of nitrogens with zero attached hydrogens (tertiary/aromatic N) is 3. The lowest BCUT2D eigenvalue weighted by Gasteiger charge is -2.33. The molecule has 0 atom stereocenters. The average Bonchev–Trinajstić information content (AvgIpc) is 2.68. The topological polar surface area (TPSA) is 65.4 Å². The molecule has 2 aromatic carbocycles. The van der Waals surface area contributed by atoms with Gasteiger partial charge in [0.25, 0.3) is 0 Å². The highest BCUT2D eigenvalue weighted by Crippen LogP contribution is 2.17. The number of hydrogen-bond acceptors (Lipinski definition) is 5. The Kier molecular flexibility index (Phi) is 6.68. The van der Waals surface area contributed by atoms with Crippen molar-refractivity contribution in [1.82, 2.24) is 9.91 Å². The van der Waals surface area contributed by atoms with Gasteiger partial charge in [0.05, 0.1) is 6.21 Å². The summed E-state index contributed by atoms with van der Waals surface area (Å²) in [7, 11) is 0. The third-order valence-corrected chi connectivity index (χ3v) is 4.55. The van der Waals surface area contributed by atoms with Crippen LogP contribution >= 0.6 is 11.6 Å². The Labute approximate surface area is 163 Å². The van der Waals surface area contributed by atoms with Crippen molar-refractivity contribution in [3.05, 3.63) is 64.7 Å². The van der Waals surface area contributed by atoms with Crippen LogP contribution < -0.4 is 4.74 Å². The van der Waals surface area contributed by atoms with Gasteiger partial charge in [0.15, 0.2) is 6.61 Å². The molecule has 27 heavy (non-hydrogen) atoms. The van der Waals surface area contributed by atoms with Gasteiger partial charge in [-0.25, -0.2) is 4.79 Å². The number of carboxylic acid groups (broad SMARTS) is 1. The lowest BCUT2D eigenvalue weighted by molar-refractivity contribution is -0.139. The molecular weight excluding hydrogens is 366 g/mol. The van der Waals surface area contributed by atoms with E-state index in [1.54, 1.807) is 12.3 Å². The van der Waals surface area contributed by atoms with Crippen LogP contribution in [0, 0.1) is 0 Å². The van der Waals surface area contributed by atoms with Gasteiger partial charge in [0.1, 0.15) is 5.75 Å². The van der Waals surface area contributed by atoms with Crippen LogP contribution in [0.15, 0.2) is 53.6 Å². The number of para-hydroxylation sites is 1. The number of hydrogen-bond donors (Lipinski definition) is 1. The van der Waals surface area contributed by atoms with Crippen LogP contribution in [0.3, 0.4) is 0 Å². The van der Waals surface area contributed by atoms with Gasteiger partial charge in [-0.1, -0.05) is 35.9 Å². The van der Waals surface area contributed by atoms with Gasteiger partial charge >= 0.3 is 5.97 Å². The number of rotatable bonds is 7. The van der Waals surface area contributed by atoms with Gasteiger partial charge < -0.3 is 9.84 Å². The summed E-state index contributed by atoms with van der Waals surface area (Å²) in [6.07, 6.45) is 1.73. The average molecular weight is 388 g/mol. The van der Waals surface area contributed by atoms with Crippen molar-refractivity contribution < 1.29 is 14.6 Å². The summed E-state index contributed by atoms with van der Waals surface area (Å²) < 4.78 is 5.30. The molecule has 0 aliphatic carbocycles. The van der Waals surface area contributed by atoms with Gasteiger partial charge in [-0.15, -0.1) is 0 Å². The van der Waals surface area contributed by atoms with E-state index in [2.05, 4.69) is 22.1 Å². The summed E-state index contributed by atoms with van der Waals surface area (Å²) in [4.78, 5) is 13.1. The number of ether oxygens (including phenoxy) is 1. The highest BCUT2D eigenvalue weighted by Gasteiger charge is 2.15. The lowest BCUT2D eigenvalue weighted by atomic mass is 10.2. The fourth-order valence-electron chi connectivity index (χ4n) is 2.86. The van der Waals surface area contributed by atoms with Crippen LogP contribution in [0.2, 0.25) is 5.02 Å². The molecule has 1 saturated heterocycles. The zero-order valence-corrected chi connectivity index (χ0v) is 15.7. The number of aliphatic carboxylic acids is 1. The van der Waals surface area contributed by atoms with E-state index in [9.17, 15) is 4.79 Å². The summed E-state index contributed by atoms with van der Waals surface area (Å²) in [5, 5.41) is 16.1. The minimum atomic E-state index is -1.00. The van der Waals surface area contributed by atoms with Crippen molar-refractivity contribution >= 4 is 23.8 Å². The monoisotopic (exact) mass is 387 g/mol. The van der Waals surface area contributed by atoms with Crippen LogP contribution in [-0.2, 0) is 11.3 Å². The molecule has 1 aliphatic heterocycles. The van der Waals surface area contributed by atoms with Crippen molar-refractivity contribution in [3.8, 4) is 5.75 Å². The van der Waals surface area contributed by atoms with Gasteiger partial charge in [-0.2, -0.15) is 5.10 Å². The maximum absolute atomic E-state index is 10.7. The Balaban J connectivity index is 1.51. The number of carboxylic acids is 1. The first-order valence-electron chi connectivity index (χ1n) is 8.79. The van der Waals surface area contributed by atoms with Gasteiger partial charge in [-0.05, 0) is 29.8 Å². The number of carbonyl (C=O) groups is 1. The van der Waals surface area contributed by atoms with Crippen LogP contribution in [0.25, 0.3) is 0 Å². The van der Waals surface area contributed by atoms with Crippen molar-refractivity contribution in [2.24, 2.45) is 5.10 Å². The molecule has 0 amide bonds. The first-order chi connectivity index (χ1) is 13.1. The normalized spacial score (nSPS) is 15.2. The van der Waals surface area contributed by atoms with Crippen LogP contribution in [-0.4, -0.2) is 60.0 Å². The molecule has 3 rings (SSSR count). The molecule has 0 unspecified atom stereocenters. The van der Waals surface area contributed by atoms with Crippen LogP contribution in [0.5, 0.6) is 5.75 Å². The Hall–Kier alpha value is -2.57. The number of halogens is 1. The fourth-order valence-corrected chi connectivity index (χ4v) is 2.99. The van der Waals surface area contributed by atoms with E-state index >= 15 is 0 Å². The molecular formula is C20H22ClN3O3. The second-order valence-electron chi connectivity index (χ2n) is 6.32. The third kappa shape index (κ3) is 5.98. The fraction of sp³-hybridized carbons (Fsp3) is 0.300. The molecule has 6 nitrogen and oxygen atoms in total. The second kappa shape index (κ2) is 9.39. The lowest BCUT2D eigenvalue weighted by Crippen LogP contribution is -2.43. The van der Waals surface area contributed by atoms with Crippen molar-refractivity contribution in [2.45, 2.75) is 6.54 Å². The predicted octanol–water partition coefficient (Wildman–Crippen LogP) is 2.96. The molecule has 0 bridgehead atoms. The van der Waals surface area contributed by atoms with Crippen LogP contribution in [0.1, 0.15) is 11.1 Å². The molecule has 7 heteroatoms. The molecule has 2 aromatic rings. The van der Waals surface area contributed by atoms with Gasteiger partial charge in [-0.3, -0.25) is 9.91 Å². The molecule has 1 N–H and O–H groups in total. The molecule has 0 spiro atoms. The van der Waals surface area contributed by atoms with Crippen molar-refractivity contribution in [2.75, 3.05) is 32.8 Å². The Bertz CT molecular complexity index is 787. The minimum Gasteiger partial charge on any atom is -0.481 e. The Morgan fingerprint density at radius 3 is 2.52 bits per heavy atom. The smallest absolute Gasteiger partial charge is 0.341 e. The molecule has 1 fully saturated rings. The summed E-state index contributed by atoms with van der Waals surface area (Å²) in [6, 6.07) is 15.2. The number of hydrazone groups is 1. The maximum atomic E-state index is 10.7. The van der Waals surface area contributed by atoms with E-state index in [0.29, 0.717) is 5.75 Å². The molecule has 0 saturated carbocycles. The largest absolute Gasteiger partial charge is 0.481 e. The van der Waals surface area contributed by atoms with E-state index in [0.717, 1.165) is 43.3 Å². The molecule has 0 aromatic heterocycles. The summed E-state index contributed by atoms with van der Waals surface area (Å²) in [5.74, 6) is -0.483. The quantitative estimate of drug-likeness (QED) is 0.740. The van der Waals surface area contributed by atoms with Gasteiger partial charge in [0.2, 0.25) is 0 Å². The highest BCUT2D eigenvalue weighted by atomic mass is 35.5. The minimum absolute atomic E-state index is 0.367. The molecule has 1 heterocycles. The summed E-state index contributed by atoms with van der Waals surface area (Å²) >= 11 is 5.93. The first-order valence-corrected chi connectivity index (χ1v) is 9.17. The van der Waals surface area contributed by atoms with Crippen molar-refractivity contribution in [3.63, 3.8) is 0 Å². The number of benzene rings is 2. The molecule has 142 valence electrons. The Morgan fingerprint density at radius 2 is 1.81 bits per heavy atom. The molecule has 1 aliphatic rings. The van der Waals surface area contributed by atoms with E-state index in [1.165, 1.54) is 5.56 Å². The predicted molar refractivity (Wildman–Crippen MR) is 105 cm³/mol. The highest BCUT2D eigenvalue weighted by molar-refractivity contribution is 6.30. The molecule has 0 radical (unpaired) electrons. The third-order valence-electron chi connectivity index (χ3n) is 4.30. The van der Waals surface area contributed by atoms with E-state index in [1.807, 2.05) is 35.3 Å². The van der Waals surface area contributed by atoms with Gasteiger partial charge in [0, 0.05) is 43.3 Å². The zero-order chi connectivity index (χ0) is 19.1. The summed E-state index contributed by atoms with van der Waals surface area (Å²) in [5.41, 5.74) is 2.02. The first kappa shape index (κ1) is 19.2. The van der Waals surface area contributed by atoms with Crippen LogP contribution in [0.4, 0.5) is 0 Å². The number of piperazine rings is 1. The van der Waals surface area contributed by atoms with E-state index in [-0.39, 0.29) is 6.61 Å². The maximum Gasteiger partial charge on any atom is 0.341 e. The van der Waals surface area contributed by atoms with E-state index < -0.39 is 5.97 Å². The zero-order valence-electron chi connectivity index (χ0n) is 14.9. The second-order valence-corrected chi connectivity index (χ2v) is 6.76. The standard InChI is InChI=1S/C20H22ClN3O3/c21-18-7-5-16(6-8-18)14-23-9-11-24(12-10-23)22-13-17-3-1-2-4-19(17)27-15-20(25)26/h1-8,13H,9-12,14-15H2,(H,25,26). The Morgan fingerprint density at radius 1 is 1.11 bits per heavy atom. The van der Waals surface area contributed by atoms with E-state index in [4.69, 9.17) is 21.4 Å².